The highest BCUT2D eigenvalue weighted by atomic mass is 15.0. The quantitative estimate of drug-likeness (QED) is 0.795. The zero-order valence-electron chi connectivity index (χ0n) is 11.2. The third-order valence-electron chi connectivity index (χ3n) is 3.70. The standard InChI is InChI=1S/C15H24N2/c1-4-5-6-8-17-9-7-12-13(16)10-15(2,3)11-14(12)17/h4-5,7,9,13H,6,8,10-11,16H2,1-3H3/b5-4+. The second kappa shape index (κ2) is 4.69. The van der Waals surface area contributed by atoms with E-state index in [4.69, 9.17) is 5.73 Å². The van der Waals surface area contributed by atoms with Crippen molar-refractivity contribution in [3.05, 3.63) is 35.7 Å². The molecule has 0 amide bonds. The molecule has 0 saturated carbocycles. The Morgan fingerprint density at radius 3 is 3.00 bits per heavy atom. The van der Waals surface area contributed by atoms with E-state index in [1.54, 1.807) is 0 Å². The highest BCUT2D eigenvalue weighted by molar-refractivity contribution is 5.30. The van der Waals surface area contributed by atoms with Gasteiger partial charge >= 0.3 is 0 Å². The number of nitrogens with two attached hydrogens (primary N) is 1. The fourth-order valence-corrected chi connectivity index (χ4v) is 2.88. The summed E-state index contributed by atoms with van der Waals surface area (Å²) >= 11 is 0. The average molecular weight is 232 g/mol. The molecule has 0 spiro atoms. The molecular formula is C15H24N2. The molecule has 0 radical (unpaired) electrons. The van der Waals surface area contributed by atoms with Crippen molar-refractivity contribution >= 4 is 0 Å². The van der Waals surface area contributed by atoms with Crippen LogP contribution < -0.4 is 5.73 Å². The van der Waals surface area contributed by atoms with E-state index < -0.39 is 0 Å². The largest absolute Gasteiger partial charge is 0.351 e. The van der Waals surface area contributed by atoms with Gasteiger partial charge in [0.05, 0.1) is 0 Å². The van der Waals surface area contributed by atoms with Crippen LogP contribution >= 0.6 is 0 Å². The summed E-state index contributed by atoms with van der Waals surface area (Å²) in [7, 11) is 0. The van der Waals surface area contributed by atoms with E-state index in [1.807, 2.05) is 0 Å². The highest BCUT2D eigenvalue weighted by Gasteiger charge is 2.32. The molecule has 2 N–H and O–H groups in total. The van der Waals surface area contributed by atoms with Crippen molar-refractivity contribution in [2.45, 2.75) is 52.6 Å². The van der Waals surface area contributed by atoms with Crippen molar-refractivity contribution in [2.75, 3.05) is 0 Å². The highest BCUT2D eigenvalue weighted by Crippen LogP contribution is 2.39. The van der Waals surface area contributed by atoms with Crippen molar-refractivity contribution in [2.24, 2.45) is 11.1 Å². The molecule has 2 heteroatoms. The smallest absolute Gasteiger partial charge is 0.0318 e. The summed E-state index contributed by atoms with van der Waals surface area (Å²) in [5, 5.41) is 0. The lowest BCUT2D eigenvalue weighted by Crippen LogP contribution is -2.30. The molecule has 0 saturated heterocycles. The van der Waals surface area contributed by atoms with Gasteiger partial charge in [0.1, 0.15) is 0 Å². The summed E-state index contributed by atoms with van der Waals surface area (Å²) in [5.41, 5.74) is 9.42. The van der Waals surface area contributed by atoms with Gasteiger partial charge in [-0.25, -0.2) is 0 Å². The predicted molar refractivity (Wildman–Crippen MR) is 72.9 cm³/mol. The fourth-order valence-electron chi connectivity index (χ4n) is 2.88. The summed E-state index contributed by atoms with van der Waals surface area (Å²) in [6.07, 6.45) is 9.90. The Hall–Kier alpha value is -1.02. The van der Waals surface area contributed by atoms with Crippen LogP contribution in [0.25, 0.3) is 0 Å². The van der Waals surface area contributed by atoms with E-state index >= 15 is 0 Å². The summed E-state index contributed by atoms with van der Waals surface area (Å²) < 4.78 is 2.39. The zero-order valence-corrected chi connectivity index (χ0v) is 11.2. The number of allylic oxidation sites excluding steroid dienone is 2. The van der Waals surface area contributed by atoms with Crippen molar-refractivity contribution < 1.29 is 0 Å². The van der Waals surface area contributed by atoms with Gasteiger partial charge in [0.2, 0.25) is 0 Å². The van der Waals surface area contributed by atoms with Crippen molar-refractivity contribution in [3.63, 3.8) is 0 Å². The Morgan fingerprint density at radius 2 is 2.29 bits per heavy atom. The first-order valence-electron chi connectivity index (χ1n) is 6.58. The molecular weight excluding hydrogens is 208 g/mol. The summed E-state index contributed by atoms with van der Waals surface area (Å²) in [6.45, 7) is 7.78. The van der Waals surface area contributed by atoms with E-state index in [1.165, 1.54) is 11.3 Å². The van der Waals surface area contributed by atoms with Gasteiger partial charge in [-0.05, 0) is 43.2 Å². The molecule has 94 valence electrons. The first-order chi connectivity index (χ1) is 8.03. The molecule has 0 bridgehead atoms. The lowest BCUT2D eigenvalue weighted by atomic mass is 9.74. The topological polar surface area (TPSA) is 30.9 Å². The van der Waals surface area contributed by atoms with Crippen molar-refractivity contribution in [1.29, 1.82) is 0 Å². The second-order valence-corrected chi connectivity index (χ2v) is 5.92. The Bertz CT molecular complexity index is 413. The van der Waals surface area contributed by atoms with Crippen LogP contribution in [-0.2, 0) is 13.0 Å². The maximum atomic E-state index is 6.26. The molecule has 0 aromatic carbocycles. The average Bonchev–Trinajstić information content (AvgIpc) is 2.60. The number of aryl methyl sites for hydroxylation is 1. The first kappa shape index (κ1) is 12.4. The van der Waals surface area contributed by atoms with Gasteiger partial charge in [0.25, 0.3) is 0 Å². The van der Waals surface area contributed by atoms with Gasteiger partial charge in [-0.1, -0.05) is 26.0 Å². The van der Waals surface area contributed by atoms with E-state index in [2.05, 4.69) is 49.8 Å². The molecule has 1 aromatic rings. The predicted octanol–water partition coefficient (Wildman–Crippen LogP) is 3.43. The number of aromatic nitrogens is 1. The van der Waals surface area contributed by atoms with E-state index in [9.17, 15) is 0 Å². The number of nitrogens with zero attached hydrogens (tertiary/aromatic N) is 1. The fraction of sp³-hybridized carbons (Fsp3) is 0.600. The minimum absolute atomic E-state index is 0.219. The van der Waals surface area contributed by atoms with Crippen molar-refractivity contribution in [1.82, 2.24) is 4.57 Å². The lowest BCUT2D eigenvalue weighted by molar-refractivity contribution is 0.275. The van der Waals surface area contributed by atoms with Gasteiger partial charge in [-0.3, -0.25) is 0 Å². The van der Waals surface area contributed by atoms with E-state index in [0.717, 1.165) is 25.8 Å². The van der Waals surface area contributed by atoms with Gasteiger partial charge in [0.15, 0.2) is 0 Å². The Labute approximate surface area is 105 Å². The number of hydrogen-bond donors (Lipinski definition) is 1. The Balaban J connectivity index is 2.21. The number of hydrogen-bond acceptors (Lipinski definition) is 1. The van der Waals surface area contributed by atoms with E-state index in [-0.39, 0.29) is 6.04 Å². The van der Waals surface area contributed by atoms with Crippen LogP contribution in [0, 0.1) is 5.41 Å². The van der Waals surface area contributed by atoms with Crippen LogP contribution in [0.2, 0.25) is 0 Å². The van der Waals surface area contributed by atoms with Crippen LogP contribution in [0.3, 0.4) is 0 Å². The van der Waals surface area contributed by atoms with Gasteiger partial charge < -0.3 is 10.3 Å². The molecule has 1 atom stereocenters. The lowest BCUT2D eigenvalue weighted by Gasteiger charge is -2.34. The zero-order chi connectivity index (χ0) is 12.5. The van der Waals surface area contributed by atoms with E-state index in [0.29, 0.717) is 5.41 Å². The third kappa shape index (κ3) is 2.63. The third-order valence-corrected chi connectivity index (χ3v) is 3.70. The van der Waals surface area contributed by atoms with Crippen LogP contribution in [0.5, 0.6) is 0 Å². The summed E-state index contributed by atoms with van der Waals surface area (Å²) in [4.78, 5) is 0. The minimum Gasteiger partial charge on any atom is -0.351 e. The molecule has 0 fully saturated rings. The molecule has 2 nitrogen and oxygen atoms in total. The molecule has 0 aliphatic heterocycles. The molecule has 2 rings (SSSR count). The van der Waals surface area contributed by atoms with Crippen molar-refractivity contribution in [3.8, 4) is 0 Å². The molecule has 17 heavy (non-hydrogen) atoms. The first-order valence-corrected chi connectivity index (χ1v) is 6.58. The van der Waals surface area contributed by atoms with Crippen LogP contribution in [0.1, 0.15) is 50.9 Å². The second-order valence-electron chi connectivity index (χ2n) is 5.92. The Kier molecular flexibility index (Phi) is 3.43. The maximum Gasteiger partial charge on any atom is 0.0318 e. The van der Waals surface area contributed by atoms with Crippen LogP contribution in [0.4, 0.5) is 0 Å². The summed E-state index contributed by atoms with van der Waals surface area (Å²) in [6, 6.07) is 2.43. The number of fused-ring (bicyclic) bond motifs is 1. The maximum absolute atomic E-state index is 6.26. The number of rotatable bonds is 3. The Morgan fingerprint density at radius 1 is 1.53 bits per heavy atom. The molecule has 1 heterocycles. The monoisotopic (exact) mass is 232 g/mol. The minimum atomic E-state index is 0.219. The van der Waals surface area contributed by atoms with Crippen LogP contribution in [0.15, 0.2) is 24.4 Å². The molecule has 1 aliphatic rings. The SMILES string of the molecule is C/C=C/CCn1ccc2c1CC(C)(C)CC2N. The molecule has 1 aliphatic carbocycles. The summed E-state index contributed by atoms with van der Waals surface area (Å²) in [5.74, 6) is 0. The molecule has 1 unspecified atom stereocenters. The van der Waals surface area contributed by atoms with Gasteiger partial charge in [-0.2, -0.15) is 0 Å². The van der Waals surface area contributed by atoms with Gasteiger partial charge in [0, 0.05) is 24.5 Å². The van der Waals surface area contributed by atoms with Crippen LogP contribution in [-0.4, -0.2) is 4.57 Å². The normalized spacial score (nSPS) is 22.9. The van der Waals surface area contributed by atoms with Gasteiger partial charge in [-0.15, -0.1) is 0 Å². The molecule has 1 aromatic heterocycles.